The van der Waals surface area contributed by atoms with Crippen molar-refractivity contribution in [2.24, 2.45) is 17.8 Å². The molecular weight excluding hydrogens is 336 g/mol. The van der Waals surface area contributed by atoms with Gasteiger partial charge in [0.2, 0.25) is 0 Å². The maximum Gasteiger partial charge on any atom is -0.0159 e. The molecule has 2 aromatic carbocycles. The van der Waals surface area contributed by atoms with Gasteiger partial charge in [0.15, 0.2) is 0 Å². The van der Waals surface area contributed by atoms with Gasteiger partial charge in [-0.05, 0) is 90.5 Å². The van der Waals surface area contributed by atoms with Crippen molar-refractivity contribution in [3.05, 3.63) is 60.2 Å². The maximum absolute atomic E-state index is 3.85. The van der Waals surface area contributed by atoms with E-state index in [1.807, 2.05) is 6.08 Å². The van der Waals surface area contributed by atoms with E-state index in [-0.39, 0.29) is 0 Å². The average Bonchev–Trinajstić information content (AvgIpc) is 2.75. The van der Waals surface area contributed by atoms with Crippen LogP contribution in [-0.4, -0.2) is 0 Å². The van der Waals surface area contributed by atoms with Gasteiger partial charge in [0, 0.05) is 0 Å². The lowest BCUT2D eigenvalue weighted by molar-refractivity contribution is 0.113. The first-order valence-corrected chi connectivity index (χ1v) is 11.9. The first-order valence-electron chi connectivity index (χ1n) is 11.9. The molecule has 150 valence electrons. The van der Waals surface area contributed by atoms with Gasteiger partial charge in [0.1, 0.15) is 0 Å². The summed E-state index contributed by atoms with van der Waals surface area (Å²) in [7, 11) is 0. The average molecular weight is 375 g/mol. The third-order valence-corrected chi connectivity index (χ3v) is 7.72. The van der Waals surface area contributed by atoms with E-state index in [0.717, 1.165) is 36.5 Å². The normalized spacial score (nSPS) is 27.5. The van der Waals surface area contributed by atoms with E-state index < -0.39 is 0 Å². The van der Waals surface area contributed by atoms with Crippen LogP contribution in [0.5, 0.6) is 0 Å². The Morgan fingerprint density at radius 3 is 2.57 bits per heavy atom. The van der Waals surface area contributed by atoms with Gasteiger partial charge in [-0.3, -0.25) is 0 Å². The van der Waals surface area contributed by atoms with Crippen LogP contribution in [0.25, 0.3) is 10.8 Å². The first-order chi connectivity index (χ1) is 13.8. The number of aryl methyl sites for hydroxylation is 1. The number of fused-ring (bicyclic) bond motifs is 2. The number of benzene rings is 2. The van der Waals surface area contributed by atoms with Gasteiger partial charge in [0.25, 0.3) is 0 Å². The molecule has 2 saturated carbocycles. The topological polar surface area (TPSA) is 0 Å². The number of hydrogen-bond acceptors (Lipinski definition) is 0. The van der Waals surface area contributed by atoms with Crippen LogP contribution in [0.2, 0.25) is 0 Å². The van der Waals surface area contributed by atoms with Crippen molar-refractivity contribution in [3.8, 4) is 0 Å². The van der Waals surface area contributed by atoms with Crippen LogP contribution in [0, 0.1) is 17.8 Å². The Balaban J connectivity index is 1.41. The minimum Gasteiger partial charge on any atom is -0.103 e. The second-order valence-corrected chi connectivity index (χ2v) is 9.62. The van der Waals surface area contributed by atoms with Gasteiger partial charge in [-0.15, -0.1) is 6.58 Å². The SMILES string of the molecule is C=CCCc1ccc2cc(C3CCC4CC(CCCC)CCC4C3)ccc2c1. The molecule has 4 rings (SSSR count). The van der Waals surface area contributed by atoms with Gasteiger partial charge in [-0.25, -0.2) is 0 Å². The van der Waals surface area contributed by atoms with Crippen LogP contribution >= 0.6 is 0 Å². The second-order valence-electron chi connectivity index (χ2n) is 9.62. The van der Waals surface area contributed by atoms with Gasteiger partial charge in [-0.2, -0.15) is 0 Å². The summed E-state index contributed by atoms with van der Waals surface area (Å²) in [5, 5.41) is 2.82. The summed E-state index contributed by atoms with van der Waals surface area (Å²) in [4.78, 5) is 0. The largest absolute Gasteiger partial charge is 0.103 e. The zero-order valence-corrected chi connectivity index (χ0v) is 17.8. The highest BCUT2D eigenvalue weighted by Crippen LogP contribution is 2.48. The van der Waals surface area contributed by atoms with Crippen molar-refractivity contribution in [2.75, 3.05) is 0 Å². The summed E-state index contributed by atoms with van der Waals surface area (Å²) in [5.41, 5.74) is 3.03. The Morgan fingerprint density at radius 2 is 1.71 bits per heavy atom. The predicted molar refractivity (Wildman–Crippen MR) is 123 cm³/mol. The van der Waals surface area contributed by atoms with Gasteiger partial charge in [0.05, 0.1) is 0 Å². The maximum atomic E-state index is 3.85. The molecule has 0 saturated heterocycles. The summed E-state index contributed by atoms with van der Waals surface area (Å²) >= 11 is 0. The van der Waals surface area contributed by atoms with E-state index in [1.54, 1.807) is 5.56 Å². The number of allylic oxidation sites excluding steroid dienone is 1. The van der Waals surface area contributed by atoms with E-state index >= 15 is 0 Å². The lowest BCUT2D eigenvalue weighted by Gasteiger charge is -2.42. The van der Waals surface area contributed by atoms with Crippen molar-refractivity contribution >= 4 is 10.8 Å². The fourth-order valence-corrected chi connectivity index (χ4v) is 6.04. The molecule has 2 fully saturated rings. The molecule has 0 heterocycles. The van der Waals surface area contributed by atoms with E-state index in [2.05, 4.69) is 49.9 Å². The molecule has 0 heteroatoms. The van der Waals surface area contributed by atoms with E-state index in [4.69, 9.17) is 0 Å². The fourth-order valence-electron chi connectivity index (χ4n) is 6.04. The highest BCUT2D eigenvalue weighted by molar-refractivity contribution is 5.84. The Hall–Kier alpha value is -1.56. The monoisotopic (exact) mass is 374 g/mol. The van der Waals surface area contributed by atoms with E-state index in [0.29, 0.717) is 0 Å². The van der Waals surface area contributed by atoms with Gasteiger partial charge < -0.3 is 0 Å². The quantitative estimate of drug-likeness (QED) is 0.426. The Morgan fingerprint density at radius 1 is 0.929 bits per heavy atom. The second kappa shape index (κ2) is 9.29. The minimum absolute atomic E-state index is 0.790. The van der Waals surface area contributed by atoms with Gasteiger partial charge in [-0.1, -0.05) is 75.1 Å². The van der Waals surface area contributed by atoms with Crippen LogP contribution in [0.15, 0.2) is 49.1 Å². The minimum atomic E-state index is 0.790. The standard InChI is InChI=1S/C28H38/c1-3-5-7-21-9-11-25-19-27(15-13-23(25)17-21)28-16-14-24-18-22(8-6-4-2)10-12-26(24)20-28/h3,9,11,13,15,17,19,22,24,26,28H,1,4-8,10,12,14,16,18,20H2,2H3. The van der Waals surface area contributed by atoms with Crippen LogP contribution in [0.1, 0.15) is 88.2 Å². The molecule has 0 radical (unpaired) electrons. The number of rotatable bonds is 7. The van der Waals surface area contributed by atoms with Crippen molar-refractivity contribution < 1.29 is 0 Å². The zero-order chi connectivity index (χ0) is 19.3. The predicted octanol–water partition coefficient (Wildman–Crippen LogP) is 8.45. The summed E-state index contributed by atoms with van der Waals surface area (Å²) in [6.45, 7) is 6.18. The lowest BCUT2D eigenvalue weighted by atomic mass is 9.63. The molecule has 0 nitrogen and oxygen atoms in total. The molecule has 2 aliphatic carbocycles. The highest BCUT2D eigenvalue weighted by atomic mass is 14.4. The van der Waals surface area contributed by atoms with Crippen LogP contribution in [0.4, 0.5) is 0 Å². The van der Waals surface area contributed by atoms with Crippen molar-refractivity contribution in [1.82, 2.24) is 0 Å². The van der Waals surface area contributed by atoms with Gasteiger partial charge >= 0.3 is 0 Å². The Labute approximate surface area is 172 Å². The van der Waals surface area contributed by atoms with E-state index in [1.165, 1.54) is 74.1 Å². The number of hydrogen-bond donors (Lipinski definition) is 0. The molecule has 2 aromatic rings. The Bertz CT molecular complexity index is 786. The molecule has 0 aromatic heterocycles. The summed E-state index contributed by atoms with van der Waals surface area (Å²) in [6.07, 6.45) is 17.3. The third-order valence-electron chi connectivity index (χ3n) is 7.72. The molecule has 0 bridgehead atoms. The molecule has 0 N–H and O–H groups in total. The molecule has 0 amide bonds. The molecular formula is C28H38. The molecule has 28 heavy (non-hydrogen) atoms. The van der Waals surface area contributed by atoms with Crippen molar-refractivity contribution in [1.29, 1.82) is 0 Å². The first kappa shape index (κ1) is 19.7. The third kappa shape index (κ3) is 4.53. The Kier molecular flexibility index (Phi) is 6.55. The molecule has 0 aliphatic heterocycles. The fraction of sp³-hybridized carbons (Fsp3) is 0.571. The lowest BCUT2D eigenvalue weighted by Crippen LogP contribution is -2.30. The van der Waals surface area contributed by atoms with E-state index in [9.17, 15) is 0 Å². The molecule has 2 aliphatic rings. The summed E-state index contributed by atoms with van der Waals surface area (Å²) in [5.74, 6) is 3.85. The molecule has 0 spiro atoms. The number of unbranched alkanes of at least 4 members (excludes halogenated alkanes) is 1. The van der Waals surface area contributed by atoms with Crippen molar-refractivity contribution in [2.45, 2.75) is 83.5 Å². The molecule has 4 atom stereocenters. The van der Waals surface area contributed by atoms with Crippen LogP contribution in [0.3, 0.4) is 0 Å². The van der Waals surface area contributed by atoms with Crippen molar-refractivity contribution in [3.63, 3.8) is 0 Å². The zero-order valence-electron chi connectivity index (χ0n) is 17.8. The smallest absolute Gasteiger partial charge is 0.0159 e. The summed E-state index contributed by atoms with van der Waals surface area (Å²) < 4.78 is 0. The van der Waals surface area contributed by atoms with Crippen LogP contribution in [-0.2, 0) is 6.42 Å². The molecule has 4 unspecified atom stereocenters. The van der Waals surface area contributed by atoms with Crippen LogP contribution < -0.4 is 0 Å². The highest BCUT2D eigenvalue weighted by Gasteiger charge is 2.35. The summed E-state index contributed by atoms with van der Waals surface area (Å²) in [6, 6.07) is 14.3.